The van der Waals surface area contributed by atoms with Crippen molar-refractivity contribution in [1.29, 1.82) is 0 Å². The van der Waals surface area contributed by atoms with Gasteiger partial charge in [-0.15, -0.1) is 0 Å². The van der Waals surface area contributed by atoms with E-state index in [0.717, 1.165) is 5.56 Å². The summed E-state index contributed by atoms with van der Waals surface area (Å²) in [4.78, 5) is 12.3. The molecule has 0 saturated carbocycles. The number of hydrogen-bond acceptors (Lipinski definition) is 3. The van der Waals surface area contributed by atoms with E-state index >= 15 is 0 Å². The van der Waals surface area contributed by atoms with Gasteiger partial charge < -0.3 is 5.32 Å². The monoisotopic (exact) mass is 380 g/mol. The Bertz CT molecular complexity index is 862. The van der Waals surface area contributed by atoms with Crippen molar-refractivity contribution in [1.82, 2.24) is 5.32 Å². The number of hydrogen-bond donors (Lipinski definition) is 2. The van der Waals surface area contributed by atoms with Crippen LogP contribution in [0.3, 0.4) is 0 Å². The van der Waals surface area contributed by atoms with E-state index < -0.39 is 10.0 Å². The average molecular weight is 381 g/mol. The van der Waals surface area contributed by atoms with Crippen LogP contribution in [0.15, 0.2) is 47.4 Å². The van der Waals surface area contributed by atoms with Crippen molar-refractivity contribution < 1.29 is 13.2 Å². The van der Waals surface area contributed by atoms with Gasteiger partial charge in [-0.05, 0) is 43.2 Å². The molecular formula is C18H21ClN2O3S. The Hall–Kier alpha value is -2.05. The van der Waals surface area contributed by atoms with Gasteiger partial charge in [-0.3, -0.25) is 9.52 Å². The van der Waals surface area contributed by atoms with E-state index in [1.54, 1.807) is 18.2 Å². The zero-order chi connectivity index (χ0) is 18.6. The Balaban J connectivity index is 2.25. The second-order valence-corrected chi connectivity index (χ2v) is 8.31. The Morgan fingerprint density at radius 1 is 1.12 bits per heavy atom. The van der Waals surface area contributed by atoms with E-state index in [1.165, 1.54) is 24.3 Å². The number of amides is 1. The normalized spacial score (nSPS) is 11.4. The van der Waals surface area contributed by atoms with Crippen LogP contribution < -0.4 is 10.0 Å². The molecule has 1 amide bonds. The number of aryl methyl sites for hydroxylation is 1. The summed E-state index contributed by atoms with van der Waals surface area (Å²) in [5.74, 6) is 0.0388. The maximum absolute atomic E-state index is 12.5. The van der Waals surface area contributed by atoms with E-state index in [1.807, 2.05) is 20.8 Å². The first kappa shape index (κ1) is 19.3. The molecule has 5 nitrogen and oxygen atoms in total. The van der Waals surface area contributed by atoms with Crippen LogP contribution in [0.1, 0.15) is 29.8 Å². The van der Waals surface area contributed by atoms with Gasteiger partial charge in [-0.1, -0.05) is 43.1 Å². The van der Waals surface area contributed by atoms with E-state index in [-0.39, 0.29) is 21.5 Å². The molecule has 0 fully saturated rings. The Labute approximate surface area is 153 Å². The van der Waals surface area contributed by atoms with Gasteiger partial charge in [0.25, 0.3) is 15.9 Å². The van der Waals surface area contributed by atoms with E-state index in [9.17, 15) is 13.2 Å². The van der Waals surface area contributed by atoms with E-state index in [2.05, 4.69) is 10.0 Å². The molecule has 0 aromatic heterocycles. The van der Waals surface area contributed by atoms with Crippen molar-refractivity contribution in [3.05, 3.63) is 58.6 Å². The molecule has 2 rings (SSSR count). The third-order valence-corrected chi connectivity index (χ3v) is 5.19. The van der Waals surface area contributed by atoms with Crippen molar-refractivity contribution in [2.24, 2.45) is 5.92 Å². The summed E-state index contributed by atoms with van der Waals surface area (Å²) in [6, 6.07) is 11.0. The van der Waals surface area contributed by atoms with Crippen LogP contribution in [0.5, 0.6) is 0 Å². The predicted molar refractivity (Wildman–Crippen MR) is 101 cm³/mol. The number of halogens is 1. The van der Waals surface area contributed by atoms with Crippen LogP contribution in [0, 0.1) is 12.8 Å². The summed E-state index contributed by atoms with van der Waals surface area (Å²) in [5.41, 5.74) is 1.46. The number of carbonyl (C=O) groups is 1. The standard InChI is InChI=1S/C18H21ClN2O3S/c1-12(2)11-20-18(22)14-6-9-16(19)17(10-14)21-25(23,24)15-7-4-13(3)5-8-15/h4-10,12,21H,11H2,1-3H3,(H,20,22). The topological polar surface area (TPSA) is 75.3 Å². The fraction of sp³-hybridized carbons (Fsp3) is 0.278. The lowest BCUT2D eigenvalue weighted by Gasteiger charge is -2.12. The van der Waals surface area contributed by atoms with Crippen LogP contribution in [-0.2, 0) is 10.0 Å². The van der Waals surface area contributed by atoms with E-state index in [0.29, 0.717) is 18.0 Å². The Morgan fingerprint density at radius 3 is 2.36 bits per heavy atom. The molecule has 2 aromatic rings. The van der Waals surface area contributed by atoms with Gasteiger partial charge in [0, 0.05) is 12.1 Å². The van der Waals surface area contributed by atoms with E-state index in [4.69, 9.17) is 11.6 Å². The first-order chi connectivity index (χ1) is 11.7. The van der Waals surface area contributed by atoms with Crippen LogP contribution >= 0.6 is 11.6 Å². The minimum Gasteiger partial charge on any atom is -0.352 e. The van der Waals surface area contributed by atoms with Crippen molar-refractivity contribution in [3.8, 4) is 0 Å². The average Bonchev–Trinajstić information content (AvgIpc) is 2.54. The molecule has 2 aromatic carbocycles. The second kappa shape index (κ2) is 7.89. The lowest BCUT2D eigenvalue weighted by molar-refractivity contribution is 0.0949. The highest BCUT2D eigenvalue weighted by Gasteiger charge is 2.17. The van der Waals surface area contributed by atoms with Crippen LogP contribution in [0.25, 0.3) is 0 Å². The molecule has 0 aliphatic carbocycles. The molecular weight excluding hydrogens is 360 g/mol. The molecule has 0 unspecified atom stereocenters. The van der Waals surface area contributed by atoms with Crippen molar-refractivity contribution >= 4 is 33.2 Å². The Kier molecular flexibility index (Phi) is 6.08. The molecule has 0 aliphatic rings. The number of anilines is 1. The van der Waals surface area contributed by atoms with Crippen molar-refractivity contribution in [2.75, 3.05) is 11.3 Å². The summed E-state index contributed by atoms with van der Waals surface area (Å²) in [5, 5.41) is 3.01. The minimum atomic E-state index is -3.79. The quantitative estimate of drug-likeness (QED) is 0.799. The molecule has 0 heterocycles. The lowest BCUT2D eigenvalue weighted by atomic mass is 10.1. The predicted octanol–water partition coefficient (Wildman–Crippen LogP) is 3.84. The summed E-state index contributed by atoms with van der Waals surface area (Å²) in [6.45, 7) is 6.39. The number of rotatable bonds is 6. The third-order valence-electron chi connectivity index (χ3n) is 3.48. The van der Waals surface area contributed by atoms with Crippen LogP contribution in [0.4, 0.5) is 5.69 Å². The highest BCUT2D eigenvalue weighted by Crippen LogP contribution is 2.26. The molecule has 134 valence electrons. The Morgan fingerprint density at radius 2 is 1.76 bits per heavy atom. The first-order valence-electron chi connectivity index (χ1n) is 7.86. The second-order valence-electron chi connectivity index (χ2n) is 6.22. The molecule has 7 heteroatoms. The summed E-state index contributed by atoms with van der Waals surface area (Å²) < 4.78 is 27.4. The molecule has 0 atom stereocenters. The van der Waals surface area contributed by atoms with Gasteiger partial charge in [0.05, 0.1) is 15.6 Å². The largest absolute Gasteiger partial charge is 0.352 e. The first-order valence-corrected chi connectivity index (χ1v) is 9.72. The van der Waals surface area contributed by atoms with Gasteiger partial charge in [0.15, 0.2) is 0 Å². The minimum absolute atomic E-state index is 0.129. The summed E-state index contributed by atoms with van der Waals surface area (Å²) >= 11 is 6.09. The van der Waals surface area contributed by atoms with Crippen molar-refractivity contribution in [3.63, 3.8) is 0 Å². The zero-order valence-corrected chi connectivity index (χ0v) is 15.9. The fourth-order valence-electron chi connectivity index (χ4n) is 2.06. The highest BCUT2D eigenvalue weighted by molar-refractivity contribution is 7.92. The molecule has 25 heavy (non-hydrogen) atoms. The molecule has 0 aliphatic heterocycles. The van der Waals surface area contributed by atoms with Gasteiger partial charge >= 0.3 is 0 Å². The van der Waals surface area contributed by atoms with Gasteiger partial charge in [-0.25, -0.2) is 8.42 Å². The van der Waals surface area contributed by atoms with Gasteiger partial charge in [0.2, 0.25) is 0 Å². The van der Waals surface area contributed by atoms with Crippen LogP contribution in [-0.4, -0.2) is 20.9 Å². The summed E-state index contributed by atoms with van der Waals surface area (Å²) in [6.07, 6.45) is 0. The van der Waals surface area contributed by atoms with Crippen molar-refractivity contribution in [2.45, 2.75) is 25.7 Å². The smallest absolute Gasteiger partial charge is 0.261 e. The maximum Gasteiger partial charge on any atom is 0.261 e. The number of sulfonamides is 1. The lowest BCUT2D eigenvalue weighted by Crippen LogP contribution is -2.27. The molecule has 0 spiro atoms. The van der Waals surface area contributed by atoms with Crippen LogP contribution in [0.2, 0.25) is 5.02 Å². The summed E-state index contributed by atoms with van der Waals surface area (Å²) in [7, 11) is -3.79. The number of nitrogens with one attached hydrogen (secondary N) is 2. The van der Waals surface area contributed by atoms with Gasteiger partial charge in [0.1, 0.15) is 0 Å². The molecule has 0 saturated heterocycles. The molecule has 2 N–H and O–H groups in total. The SMILES string of the molecule is Cc1ccc(S(=O)(=O)Nc2cc(C(=O)NCC(C)C)ccc2Cl)cc1. The highest BCUT2D eigenvalue weighted by atomic mass is 35.5. The zero-order valence-electron chi connectivity index (χ0n) is 14.3. The molecule has 0 radical (unpaired) electrons. The third kappa shape index (κ3) is 5.21. The number of carbonyl (C=O) groups excluding carboxylic acids is 1. The fourth-order valence-corrected chi connectivity index (χ4v) is 3.36. The maximum atomic E-state index is 12.5. The molecule has 0 bridgehead atoms. The van der Waals surface area contributed by atoms with Gasteiger partial charge in [-0.2, -0.15) is 0 Å². The number of benzene rings is 2.